The molecule has 1 aliphatic rings. The fourth-order valence-electron chi connectivity index (χ4n) is 1.58. The Balaban J connectivity index is 2.18. The Morgan fingerprint density at radius 3 is 2.94 bits per heavy atom. The van der Waals surface area contributed by atoms with Crippen molar-refractivity contribution in [2.75, 3.05) is 13.1 Å². The van der Waals surface area contributed by atoms with Crippen molar-refractivity contribution in [2.24, 2.45) is 0 Å². The molecule has 1 aromatic rings. The number of nitrogens with one attached hydrogen (secondary N) is 2. The minimum Gasteiger partial charge on any atom is -0.315 e. The molecular formula is C9H12BrN3O2S. The molecule has 7 heteroatoms. The standard InChI is InChI=1S/C9H12BrN3O2S/c10-7-3-9(6-12-4-7)16(14,15)13-8-1-2-11-5-8/h3-4,6,8,11,13H,1-2,5H2/t8-/m0/s1. The number of pyridine rings is 1. The Hall–Kier alpha value is -0.500. The Morgan fingerprint density at radius 1 is 1.50 bits per heavy atom. The van der Waals surface area contributed by atoms with Crippen LogP contribution in [0.5, 0.6) is 0 Å². The van der Waals surface area contributed by atoms with Gasteiger partial charge in [0.2, 0.25) is 10.0 Å². The minimum atomic E-state index is -3.45. The van der Waals surface area contributed by atoms with Crippen LogP contribution in [0.3, 0.4) is 0 Å². The third-order valence-corrected chi connectivity index (χ3v) is 4.29. The molecule has 1 aromatic heterocycles. The molecule has 1 saturated heterocycles. The molecule has 0 aromatic carbocycles. The molecule has 0 radical (unpaired) electrons. The van der Waals surface area contributed by atoms with Crippen LogP contribution in [-0.2, 0) is 10.0 Å². The molecule has 0 unspecified atom stereocenters. The van der Waals surface area contributed by atoms with E-state index in [0.29, 0.717) is 11.0 Å². The maximum absolute atomic E-state index is 11.9. The molecule has 88 valence electrons. The van der Waals surface area contributed by atoms with Crippen LogP contribution in [0.1, 0.15) is 6.42 Å². The maximum Gasteiger partial charge on any atom is 0.242 e. The number of nitrogens with zero attached hydrogens (tertiary/aromatic N) is 1. The number of aromatic nitrogens is 1. The third kappa shape index (κ3) is 2.79. The molecule has 0 saturated carbocycles. The zero-order valence-electron chi connectivity index (χ0n) is 8.48. The summed E-state index contributed by atoms with van der Waals surface area (Å²) < 4.78 is 27.2. The lowest BCUT2D eigenvalue weighted by Gasteiger charge is -2.11. The van der Waals surface area contributed by atoms with Crippen molar-refractivity contribution in [3.05, 3.63) is 22.9 Å². The topological polar surface area (TPSA) is 71.1 Å². The van der Waals surface area contributed by atoms with Gasteiger partial charge in [-0.3, -0.25) is 4.98 Å². The molecule has 2 N–H and O–H groups in total. The highest BCUT2D eigenvalue weighted by Gasteiger charge is 2.22. The second-order valence-corrected chi connectivity index (χ2v) is 6.28. The van der Waals surface area contributed by atoms with Crippen LogP contribution < -0.4 is 10.0 Å². The minimum absolute atomic E-state index is 0.0241. The lowest BCUT2D eigenvalue weighted by atomic mass is 10.3. The van der Waals surface area contributed by atoms with Crippen molar-refractivity contribution in [3.63, 3.8) is 0 Å². The first-order valence-corrected chi connectivity index (χ1v) is 7.19. The van der Waals surface area contributed by atoms with Gasteiger partial charge in [-0.15, -0.1) is 0 Å². The molecule has 0 amide bonds. The van der Waals surface area contributed by atoms with Crippen molar-refractivity contribution < 1.29 is 8.42 Å². The van der Waals surface area contributed by atoms with Gasteiger partial charge in [0.25, 0.3) is 0 Å². The maximum atomic E-state index is 11.9. The molecule has 0 spiro atoms. The van der Waals surface area contributed by atoms with Crippen molar-refractivity contribution >= 4 is 26.0 Å². The van der Waals surface area contributed by atoms with E-state index in [1.807, 2.05) is 0 Å². The fourth-order valence-corrected chi connectivity index (χ4v) is 3.36. The Morgan fingerprint density at radius 2 is 2.31 bits per heavy atom. The molecule has 16 heavy (non-hydrogen) atoms. The SMILES string of the molecule is O=S(=O)(N[C@H]1CCNC1)c1cncc(Br)c1. The highest BCUT2D eigenvalue weighted by Crippen LogP contribution is 2.15. The van der Waals surface area contributed by atoms with Crippen LogP contribution in [0.15, 0.2) is 27.8 Å². The second-order valence-electron chi connectivity index (χ2n) is 3.65. The van der Waals surface area contributed by atoms with Gasteiger partial charge in [-0.1, -0.05) is 0 Å². The molecular weight excluding hydrogens is 294 g/mol. The first-order valence-electron chi connectivity index (χ1n) is 4.91. The summed E-state index contributed by atoms with van der Waals surface area (Å²) in [4.78, 5) is 4.03. The van der Waals surface area contributed by atoms with Crippen LogP contribution >= 0.6 is 15.9 Å². The van der Waals surface area contributed by atoms with Gasteiger partial charge in [-0.05, 0) is 35.0 Å². The van der Waals surface area contributed by atoms with Crippen LogP contribution in [0.25, 0.3) is 0 Å². The predicted octanol–water partition coefficient (Wildman–Crippen LogP) is 0.484. The normalized spacial score (nSPS) is 21.2. The van der Waals surface area contributed by atoms with E-state index in [9.17, 15) is 8.42 Å². The summed E-state index contributed by atoms with van der Waals surface area (Å²) in [6, 6.07) is 1.52. The highest BCUT2D eigenvalue weighted by atomic mass is 79.9. The monoisotopic (exact) mass is 305 g/mol. The van der Waals surface area contributed by atoms with Gasteiger partial charge < -0.3 is 5.32 Å². The first-order chi connectivity index (χ1) is 7.58. The van der Waals surface area contributed by atoms with E-state index >= 15 is 0 Å². The average Bonchev–Trinajstić information content (AvgIpc) is 2.70. The summed E-state index contributed by atoms with van der Waals surface area (Å²) >= 11 is 3.20. The third-order valence-electron chi connectivity index (χ3n) is 2.37. The van der Waals surface area contributed by atoms with E-state index in [0.717, 1.165) is 13.0 Å². The number of halogens is 1. The summed E-state index contributed by atoms with van der Waals surface area (Å²) in [5.41, 5.74) is 0. The number of hydrogen-bond donors (Lipinski definition) is 2. The Bertz CT molecular complexity index is 471. The van der Waals surface area contributed by atoms with E-state index in [4.69, 9.17) is 0 Å². The summed E-state index contributed by atoms with van der Waals surface area (Å²) in [6.45, 7) is 1.53. The molecule has 1 atom stereocenters. The van der Waals surface area contributed by atoms with Gasteiger partial charge in [0, 0.05) is 29.5 Å². The molecule has 2 rings (SSSR count). The molecule has 2 heterocycles. The highest BCUT2D eigenvalue weighted by molar-refractivity contribution is 9.10. The van der Waals surface area contributed by atoms with Crippen molar-refractivity contribution in [2.45, 2.75) is 17.4 Å². The van der Waals surface area contributed by atoms with Crippen LogP contribution in [-0.4, -0.2) is 32.5 Å². The summed E-state index contributed by atoms with van der Waals surface area (Å²) in [5.74, 6) is 0. The summed E-state index contributed by atoms with van der Waals surface area (Å²) in [6.07, 6.45) is 3.71. The lowest BCUT2D eigenvalue weighted by molar-refractivity contribution is 0.559. The van der Waals surface area contributed by atoms with Gasteiger partial charge in [-0.2, -0.15) is 0 Å². The quantitative estimate of drug-likeness (QED) is 0.852. The van der Waals surface area contributed by atoms with Gasteiger partial charge in [0.1, 0.15) is 4.90 Å². The smallest absolute Gasteiger partial charge is 0.242 e. The summed E-state index contributed by atoms with van der Waals surface area (Å²) in [5, 5.41) is 3.11. The van der Waals surface area contributed by atoms with E-state index in [-0.39, 0.29) is 10.9 Å². The molecule has 0 bridgehead atoms. The van der Waals surface area contributed by atoms with Crippen LogP contribution in [0.2, 0.25) is 0 Å². The van der Waals surface area contributed by atoms with Gasteiger partial charge >= 0.3 is 0 Å². The van der Waals surface area contributed by atoms with E-state index in [1.54, 1.807) is 6.20 Å². The summed E-state index contributed by atoms with van der Waals surface area (Å²) in [7, 11) is -3.45. The van der Waals surface area contributed by atoms with E-state index in [1.165, 1.54) is 12.3 Å². The lowest BCUT2D eigenvalue weighted by Crippen LogP contribution is -2.36. The van der Waals surface area contributed by atoms with Crippen molar-refractivity contribution in [3.8, 4) is 0 Å². The number of hydrogen-bond acceptors (Lipinski definition) is 4. The average molecular weight is 306 g/mol. The van der Waals surface area contributed by atoms with E-state index in [2.05, 4.69) is 31.0 Å². The molecule has 0 aliphatic carbocycles. The second kappa shape index (κ2) is 4.79. The largest absolute Gasteiger partial charge is 0.315 e. The Kier molecular flexibility index (Phi) is 3.58. The molecule has 1 fully saturated rings. The van der Waals surface area contributed by atoms with E-state index < -0.39 is 10.0 Å². The van der Waals surface area contributed by atoms with Gasteiger partial charge in [0.05, 0.1) is 0 Å². The zero-order valence-corrected chi connectivity index (χ0v) is 10.9. The van der Waals surface area contributed by atoms with Gasteiger partial charge in [-0.25, -0.2) is 13.1 Å². The van der Waals surface area contributed by atoms with Crippen LogP contribution in [0.4, 0.5) is 0 Å². The molecule has 5 nitrogen and oxygen atoms in total. The van der Waals surface area contributed by atoms with Crippen LogP contribution in [0, 0.1) is 0 Å². The zero-order chi connectivity index (χ0) is 11.6. The Labute approximate surface area is 103 Å². The molecule has 1 aliphatic heterocycles. The first kappa shape index (κ1) is 12.0. The van der Waals surface area contributed by atoms with Crippen molar-refractivity contribution in [1.29, 1.82) is 0 Å². The fraction of sp³-hybridized carbons (Fsp3) is 0.444. The number of sulfonamides is 1. The van der Waals surface area contributed by atoms with Gasteiger partial charge in [0.15, 0.2) is 0 Å². The van der Waals surface area contributed by atoms with Crippen molar-refractivity contribution in [1.82, 2.24) is 15.0 Å². The number of rotatable bonds is 3. The predicted molar refractivity (Wildman–Crippen MR) is 63.5 cm³/mol.